The van der Waals surface area contributed by atoms with Crippen molar-refractivity contribution in [3.8, 4) is 91.3 Å². The second-order valence-corrected chi connectivity index (χ2v) is 22.2. The fourth-order valence-electron chi connectivity index (χ4n) is 13.6. The van der Waals surface area contributed by atoms with E-state index in [1.165, 1.54) is 44.5 Å². The average molecular weight is 997 g/mol. The van der Waals surface area contributed by atoms with Gasteiger partial charge in [0, 0.05) is 32.4 Å². The number of nitrogens with zero attached hydrogens (tertiary/aromatic N) is 6. The maximum absolute atomic E-state index is 11.3. The summed E-state index contributed by atoms with van der Waals surface area (Å²) in [6.45, 7) is 13.3. The van der Waals surface area contributed by atoms with E-state index in [1.54, 1.807) is 0 Å². The molecule has 0 saturated heterocycles. The van der Waals surface area contributed by atoms with Crippen LogP contribution in [0.25, 0.3) is 111 Å². The van der Waals surface area contributed by atoms with Crippen LogP contribution in [0, 0.1) is 59.2 Å². The zero-order valence-electron chi connectivity index (χ0n) is 44.0. The van der Waals surface area contributed by atoms with Gasteiger partial charge in [0.05, 0.1) is 55.7 Å². The summed E-state index contributed by atoms with van der Waals surface area (Å²) in [6, 6.07) is 73.2. The second-order valence-electron chi connectivity index (χ2n) is 22.2. The number of para-hydroxylation sites is 2. The summed E-state index contributed by atoms with van der Waals surface area (Å²) in [4.78, 5) is 0. The van der Waals surface area contributed by atoms with Crippen molar-refractivity contribution in [2.24, 2.45) is 0 Å². The van der Waals surface area contributed by atoms with E-state index >= 15 is 0 Å². The molecule has 0 radical (unpaired) electrons. The zero-order chi connectivity index (χ0) is 53.5. The molecule has 0 bridgehead atoms. The third-order valence-corrected chi connectivity index (χ3v) is 17.3. The zero-order valence-corrected chi connectivity index (χ0v) is 44.0. The largest absolute Gasteiger partial charge is 0.307 e. The predicted octanol–water partition coefficient (Wildman–Crippen LogP) is 17.6. The van der Waals surface area contributed by atoms with Crippen LogP contribution in [-0.4, -0.2) is 9.13 Å². The van der Waals surface area contributed by atoms with E-state index in [4.69, 9.17) is 0 Å². The standard InChI is InChI=1S/C72H48N6/c1-41-16-15-17-42(2)68(41)47-27-43(45-29-48(37-73)69(49(30-45)38-74)77-64-24-13-9-20-54(64)58-33-56-52-18-7-11-22-60(52)71(3,4)62(56)35-66(58)77)26-44(28-47)46-31-50(39-75)70(51(32-46)40-76)78-65-25-14-10-21-55(65)59-34-57-53-19-8-12-23-61(53)72(5,6)63(57)36-67(59)78/h7-36H,1-6H3. The van der Waals surface area contributed by atoms with Crippen molar-refractivity contribution in [2.75, 3.05) is 0 Å². The van der Waals surface area contributed by atoms with Crippen LogP contribution in [0.15, 0.2) is 182 Å². The summed E-state index contributed by atoms with van der Waals surface area (Å²) in [6.07, 6.45) is 0. The molecule has 0 spiro atoms. The smallest absolute Gasteiger partial charge is 0.101 e. The van der Waals surface area contributed by atoms with Crippen LogP contribution in [0.3, 0.4) is 0 Å². The molecule has 6 nitrogen and oxygen atoms in total. The molecule has 78 heavy (non-hydrogen) atoms. The van der Waals surface area contributed by atoms with Crippen LogP contribution in [0.1, 0.15) is 83.3 Å². The number of hydrogen-bond donors (Lipinski definition) is 0. The maximum atomic E-state index is 11.3. The Bertz CT molecular complexity index is 4500. The molecule has 366 valence electrons. The monoisotopic (exact) mass is 996 g/mol. The summed E-state index contributed by atoms with van der Waals surface area (Å²) in [7, 11) is 0. The highest BCUT2D eigenvalue weighted by Gasteiger charge is 2.38. The summed E-state index contributed by atoms with van der Waals surface area (Å²) >= 11 is 0. The summed E-state index contributed by atoms with van der Waals surface area (Å²) in [5.41, 5.74) is 22.6. The Labute approximate surface area is 452 Å². The number of benzene rings is 10. The van der Waals surface area contributed by atoms with Crippen molar-refractivity contribution < 1.29 is 0 Å². The molecule has 2 heterocycles. The SMILES string of the molecule is Cc1cccc(C)c1-c1cc(-c2cc(C#N)c(-n3c4ccccc4c4cc5c(cc43)C(C)(C)c3ccccc3-5)c(C#N)c2)cc(-c2cc(C#N)c(-n3c4ccccc4c4cc5c(cc43)C(C)(C)c3ccccc3-5)c(C#N)c2)c1. The van der Waals surface area contributed by atoms with Crippen molar-refractivity contribution >= 4 is 43.6 Å². The number of nitriles is 4. The first-order chi connectivity index (χ1) is 37.8. The lowest BCUT2D eigenvalue weighted by molar-refractivity contribution is 0.661. The minimum Gasteiger partial charge on any atom is -0.307 e. The van der Waals surface area contributed by atoms with Gasteiger partial charge < -0.3 is 9.13 Å². The van der Waals surface area contributed by atoms with Gasteiger partial charge in [-0.3, -0.25) is 0 Å². The lowest BCUT2D eigenvalue weighted by Crippen LogP contribution is -2.15. The Morgan fingerprint density at radius 1 is 0.321 bits per heavy atom. The molecule has 14 rings (SSSR count). The Morgan fingerprint density at radius 2 is 0.679 bits per heavy atom. The van der Waals surface area contributed by atoms with Gasteiger partial charge in [0.25, 0.3) is 0 Å². The van der Waals surface area contributed by atoms with E-state index in [1.807, 2.05) is 48.5 Å². The van der Waals surface area contributed by atoms with E-state index in [0.29, 0.717) is 44.8 Å². The Kier molecular flexibility index (Phi) is 9.87. The number of fused-ring (bicyclic) bond motifs is 12. The molecule has 0 atom stereocenters. The topological polar surface area (TPSA) is 105 Å². The van der Waals surface area contributed by atoms with Crippen molar-refractivity contribution in [1.82, 2.24) is 9.13 Å². The highest BCUT2D eigenvalue weighted by atomic mass is 15.0. The van der Waals surface area contributed by atoms with E-state index in [-0.39, 0.29) is 10.8 Å². The number of aryl methyl sites for hydroxylation is 2. The lowest BCUT2D eigenvalue weighted by atomic mass is 9.82. The van der Waals surface area contributed by atoms with Crippen molar-refractivity contribution in [1.29, 1.82) is 21.0 Å². The van der Waals surface area contributed by atoms with Gasteiger partial charge >= 0.3 is 0 Å². The molecule has 0 aliphatic heterocycles. The normalized spacial score (nSPS) is 13.4. The lowest BCUT2D eigenvalue weighted by Gasteiger charge is -2.22. The molecule has 0 fully saturated rings. The van der Waals surface area contributed by atoms with Crippen LogP contribution in [0.4, 0.5) is 0 Å². The third-order valence-electron chi connectivity index (χ3n) is 17.3. The molecule has 6 heteroatoms. The van der Waals surface area contributed by atoms with Gasteiger partial charge in [-0.2, -0.15) is 21.0 Å². The van der Waals surface area contributed by atoms with Gasteiger partial charge in [0.2, 0.25) is 0 Å². The van der Waals surface area contributed by atoms with Gasteiger partial charge in [0.1, 0.15) is 24.3 Å². The van der Waals surface area contributed by atoms with Crippen LogP contribution in [0.2, 0.25) is 0 Å². The Morgan fingerprint density at radius 3 is 1.09 bits per heavy atom. The number of rotatable bonds is 5. The predicted molar refractivity (Wildman–Crippen MR) is 315 cm³/mol. The molecule has 2 aliphatic carbocycles. The minimum absolute atomic E-state index is 0.266. The quantitative estimate of drug-likeness (QED) is 0.171. The first-order valence-corrected chi connectivity index (χ1v) is 26.4. The van der Waals surface area contributed by atoms with E-state index < -0.39 is 0 Å². The van der Waals surface area contributed by atoms with Crippen molar-refractivity contribution in [3.63, 3.8) is 0 Å². The van der Waals surface area contributed by atoms with Crippen LogP contribution < -0.4 is 0 Å². The van der Waals surface area contributed by atoms with Crippen molar-refractivity contribution in [2.45, 2.75) is 52.4 Å². The van der Waals surface area contributed by atoms with Gasteiger partial charge in [-0.15, -0.1) is 0 Å². The minimum atomic E-state index is -0.266. The summed E-state index contributed by atoms with van der Waals surface area (Å²) in [5.74, 6) is 0. The van der Waals surface area contributed by atoms with E-state index in [0.717, 1.165) is 77.0 Å². The van der Waals surface area contributed by atoms with Crippen molar-refractivity contribution in [3.05, 3.63) is 238 Å². The summed E-state index contributed by atoms with van der Waals surface area (Å²) in [5, 5.41) is 49.3. The molecule has 0 saturated carbocycles. The van der Waals surface area contributed by atoms with E-state index in [2.05, 4.69) is 208 Å². The maximum Gasteiger partial charge on any atom is 0.101 e. The molecule has 2 aromatic heterocycles. The molecule has 2 aliphatic rings. The van der Waals surface area contributed by atoms with Gasteiger partial charge in [-0.05, 0) is 182 Å². The summed E-state index contributed by atoms with van der Waals surface area (Å²) < 4.78 is 4.23. The van der Waals surface area contributed by atoms with Gasteiger partial charge in [-0.25, -0.2) is 0 Å². The fourth-order valence-corrected chi connectivity index (χ4v) is 13.6. The molecular formula is C72H48N6. The van der Waals surface area contributed by atoms with Crippen LogP contribution in [0.5, 0.6) is 0 Å². The van der Waals surface area contributed by atoms with Crippen LogP contribution >= 0.6 is 0 Å². The fraction of sp³-hybridized carbons (Fsp3) is 0.111. The highest BCUT2D eigenvalue weighted by molar-refractivity contribution is 6.13. The molecular weight excluding hydrogens is 949 g/mol. The van der Waals surface area contributed by atoms with Gasteiger partial charge in [-0.1, -0.05) is 131 Å². The third kappa shape index (κ3) is 6.39. The molecule has 0 amide bonds. The molecule has 0 unspecified atom stereocenters. The molecule has 12 aromatic rings. The molecule has 0 N–H and O–H groups in total. The highest BCUT2D eigenvalue weighted by Crippen LogP contribution is 2.53. The Balaban J connectivity index is 0.972. The first-order valence-electron chi connectivity index (χ1n) is 26.4. The Hall–Kier alpha value is -10.2. The number of aromatic nitrogens is 2. The molecule has 10 aromatic carbocycles. The van der Waals surface area contributed by atoms with Gasteiger partial charge in [0.15, 0.2) is 0 Å². The second kappa shape index (κ2) is 16.6. The van der Waals surface area contributed by atoms with Crippen LogP contribution in [-0.2, 0) is 10.8 Å². The number of hydrogen-bond acceptors (Lipinski definition) is 4. The average Bonchev–Trinajstić information content (AvgIpc) is 4.16. The van der Waals surface area contributed by atoms with E-state index in [9.17, 15) is 21.0 Å². The first kappa shape index (κ1) is 46.3.